The van der Waals surface area contributed by atoms with Crippen LogP contribution in [0.25, 0.3) is 0 Å². The molecule has 0 bridgehead atoms. The van der Waals surface area contributed by atoms with Gasteiger partial charge in [-0.05, 0) is 43.5 Å². The Hall–Kier alpha value is -1.45. The summed E-state index contributed by atoms with van der Waals surface area (Å²) in [6.07, 6.45) is 16.8. The maximum Gasteiger partial charge on any atom is 0.0780 e. The monoisotopic (exact) mass is 453 g/mol. The zero-order valence-corrected chi connectivity index (χ0v) is 21.6. The molecule has 0 radical (unpaired) electrons. The number of anilines is 2. The first kappa shape index (κ1) is 25.2. The molecule has 0 saturated heterocycles. The van der Waals surface area contributed by atoms with Crippen molar-refractivity contribution in [2.45, 2.75) is 86.8 Å². The third-order valence-electron chi connectivity index (χ3n) is 6.49. The van der Waals surface area contributed by atoms with E-state index in [4.69, 9.17) is 0 Å². The maximum atomic E-state index is 2.54. The molecule has 3 heteroatoms. The Bertz CT molecular complexity index is 750. The van der Waals surface area contributed by atoms with Gasteiger partial charge in [0.2, 0.25) is 0 Å². The van der Waals surface area contributed by atoms with Gasteiger partial charge in [-0.2, -0.15) is 0 Å². The molecule has 0 amide bonds. The number of hydrogen-bond acceptors (Lipinski definition) is 2. The van der Waals surface area contributed by atoms with Crippen molar-refractivity contribution >= 4 is 23.1 Å². The van der Waals surface area contributed by atoms with E-state index in [-0.39, 0.29) is 0 Å². The summed E-state index contributed by atoms with van der Waals surface area (Å²) < 4.78 is 1.11. The van der Waals surface area contributed by atoms with Gasteiger partial charge in [0.25, 0.3) is 0 Å². The second-order valence-electron chi connectivity index (χ2n) is 10.4. The lowest BCUT2D eigenvalue weighted by molar-refractivity contribution is -0.870. The molecule has 32 heavy (non-hydrogen) atoms. The second-order valence-corrected chi connectivity index (χ2v) is 11.5. The fraction of sp³-hybridized carbons (Fsp3) is 0.586. The molecule has 1 aliphatic heterocycles. The Kier molecular flexibility index (Phi) is 10.5. The highest BCUT2D eigenvalue weighted by atomic mass is 32.2. The predicted molar refractivity (Wildman–Crippen MR) is 142 cm³/mol. The van der Waals surface area contributed by atoms with Gasteiger partial charge >= 0.3 is 0 Å². The SMILES string of the molecule is C[N+](C)(C)CCCCCCCCCCCCCCN1c2ccccc2Sc2ccccc21. The molecule has 2 nitrogen and oxygen atoms in total. The van der Waals surface area contributed by atoms with Crippen molar-refractivity contribution in [3.05, 3.63) is 48.5 Å². The van der Waals surface area contributed by atoms with E-state index in [9.17, 15) is 0 Å². The Labute approximate surface area is 202 Å². The summed E-state index contributed by atoms with van der Waals surface area (Å²) in [4.78, 5) is 5.32. The molecule has 0 unspecified atom stereocenters. The Morgan fingerprint density at radius 3 is 1.44 bits per heavy atom. The summed E-state index contributed by atoms with van der Waals surface area (Å²) in [6.45, 7) is 2.44. The number of rotatable bonds is 15. The van der Waals surface area contributed by atoms with Gasteiger partial charge in [0, 0.05) is 16.3 Å². The number of fused-ring (bicyclic) bond motifs is 2. The molecule has 0 N–H and O–H groups in total. The van der Waals surface area contributed by atoms with Crippen LogP contribution in [0.4, 0.5) is 11.4 Å². The van der Waals surface area contributed by atoms with Crippen LogP contribution in [0.1, 0.15) is 77.0 Å². The van der Waals surface area contributed by atoms with E-state index in [1.165, 1.54) is 105 Å². The number of unbranched alkanes of at least 4 members (excludes halogenated alkanes) is 11. The first-order chi connectivity index (χ1) is 15.5. The molecule has 0 aliphatic carbocycles. The normalized spacial score (nSPS) is 13.2. The van der Waals surface area contributed by atoms with Crippen molar-refractivity contribution < 1.29 is 4.48 Å². The van der Waals surface area contributed by atoms with Gasteiger partial charge in [0.05, 0.1) is 39.1 Å². The van der Waals surface area contributed by atoms with Gasteiger partial charge in [-0.15, -0.1) is 0 Å². The van der Waals surface area contributed by atoms with Crippen LogP contribution >= 0.6 is 11.8 Å². The number of quaternary nitrogens is 1. The smallest absolute Gasteiger partial charge is 0.0780 e. The summed E-state index contributed by atoms with van der Waals surface area (Å²) in [5, 5.41) is 0. The van der Waals surface area contributed by atoms with Crippen molar-refractivity contribution in [1.82, 2.24) is 0 Å². The zero-order chi connectivity index (χ0) is 22.7. The summed E-state index contributed by atoms with van der Waals surface area (Å²) in [5.41, 5.74) is 2.77. The molecule has 0 spiro atoms. The highest BCUT2D eigenvalue weighted by molar-refractivity contribution is 7.99. The molecule has 2 aromatic rings. The number of hydrogen-bond donors (Lipinski definition) is 0. The van der Waals surface area contributed by atoms with E-state index < -0.39 is 0 Å². The Morgan fingerprint density at radius 1 is 0.562 bits per heavy atom. The van der Waals surface area contributed by atoms with Gasteiger partial charge in [-0.3, -0.25) is 0 Å². The lowest BCUT2D eigenvalue weighted by Gasteiger charge is -2.32. The molecule has 0 aromatic heterocycles. The third kappa shape index (κ3) is 8.48. The van der Waals surface area contributed by atoms with Crippen LogP contribution in [0.3, 0.4) is 0 Å². The Morgan fingerprint density at radius 2 is 0.969 bits per heavy atom. The highest BCUT2D eigenvalue weighted by Gasteiger charge is 2.22. The van der Waals surface area contributed by atoms with Crippen LogP contribution in [0.5, 0.6) is 0 Å². The zero-order valence-electron chi connectivity index (χ0n) is 20.8. The largest absolute Gasteiger partial charge is 0.340 e. The van der Waals surface area contributed by atoms with E-state index in [0.29, 0.717) is 0 Å². The molecule has 1 aliphatic rings. The van der Waals surface area contributed by atoms with Crippen LogP contribution in [0.15, 0.2) is 58.3 Å². The molecular weight excluding hydrogens is 408 g/mol. The van der Waals surface area contributed by atoms with Gasteiger partial charge in [-0.1, -0.05) is 93.8 Å². The highest BCUT2D eigenvalue weighted by Crippen LogP contribution is 2.47. The first-order valence-electron chi connectivity index (χ1n) is 13.0. The molecule has 0 fully saturated rings. The van der Waals surface area contributed by atoms with Crippen LogP contribution in [-0.4, -0.2) is 38.7 Å². The van der Waals surface area contributed by atoms with Gasteiger partial charge in [0.15, 0.2) is 0 Å². The summed E-state index contributed by atoms with van der Waals surface area (Å²) >= 11 is 1.91. The molecule has 2 aromatic carbocycles. The maximum absolute atomic E-state index is 2.54. The minimum absolute atomic E-state index is 1.11. The summed E-state index contributed by atoms with van der Waals surface area (Å²) in [5.74, 6) is 0. The van der Waals surface area contributed by atoms with Gasteiger partial charge < -0.3 is 9.38 Å². The van der Waals surface area contributed by atoms with Crippen molar-refractivity contribution in [3.63, 3.8) is 0 Å². The topological polar surface area (TPSA) is 3.24 Å². The van der Waals surface area contributed by atoms with E-state index in [1.54, 1.807) is 0 Å². The average molecular weight is 454 g/mol. The summed E-state index contributed by atoms with van der Waals surface area (Å²) in [6, 6.07) is 17.7. The molecule has 1 heterocycles. The standard InChI is InChI=1S/C29H45N2S/c1-31(2,3)25-19-13-11-9-7-5-4-6-8-10-12-18-24-30-26-20-14-16-22-28(26)32-29-23-17-15-21-27(29)30/h14-17,20-23H,4-13,18-19,24-25H2,1-3H3/q+1. The fourth-order valence-corrected chi connectivity index (χ4v) is 5.74. The third-order valence-corrected chi connectivity index (χ3v) is 7.62. The van der Waals surface area contributed by atoms with E-state index in [2.05, 4.69) is 74.6 Å². The minimum atomic E-state index is 1.11. The number of nitrogens with zero attached hydrogens (tertiary/aromatic N) is 2. The van der Waals surface area contributed by atoms with Crippen LogP contribution < -0.4 is 4.90 Å². The second kappa shape index (κ2) is 13.3. The quantitative estimate of drug-likeness (QED) is 0.196. The molecule has 3 rings (SSSR count). The molecule has 0 atom stereocenters. The van der Waals surface area contributed by atoms with E-state index >= 15 is 0 Å². The lowest BCUT2D eigenvalue weighted by Crippen LogP contribution is -2.35. The Balaban J connectivity index is 1.23. The van der Waals surface area contributed by atoms with Crippen molar-refractivity contribution in [3.8, 4) is 0 Å². The minimum Gasteiger partial charge on any atom is -0.340 e. The first-order valence-corrected chi connectivity index (χ1v) is 13.8. The number of para-hydroxylation sites is 2. The van der Waals surface area contributed by atoms with Crippen molar-refractivity contribution in [2.75, 3.05) is 39.1 Å². The lowest BCUT2D eigenvalue weighted by atomic mass is 10.0. The average Bonchev–Trinajstić information content (AvgIpc) is 2.78. The molecule has 176 valence electrons. The van der Waals surface area contributed by atoms with E-state index in [0.717, 1.165) is 11.0 Å². The van der Waals surface area contributed by atoms with Crippen molar-refractivity contribution in [1.29, 1.82) is 0 Å². The predicted octanol–water partition coefficient (Wildman–Crippen LogP) is 8.68. The van der Waals surface area contributed by atoms with Crippen LogP contribution in [-0.2, 0) is 0 Å². The number of benzene rings is 2. The summed E-state index contributed by atoms with van der Waals surface area (Å²) in [7, 11) is 6.89. The van der Waals surface area contributed by atoms with E-state index in [1.807, 2.05) is 11.8 Å². The molecular formula is C29H45N2S+. The fourth-order valence-electron chi connectivity index (χ4n) is 4.65. The van der Waals surface area contributed by atoms with Gasteiger partial charge in [-0.25, -0.2) is 0 Å². The van der Waals surface area contributed by atoms with Crippen LogP contribution in [0.2, 0.25) is 0 Å². The molecule has 0 saturated carbocycles. The van der Waals surface area contributed by atoms with Gasteiger partial charge in [0.1, 0.15) is 0 Å². The van der Waals surface area contributed by atoms with Crippen LogP contribution in [0, 0.1) is 0 Å². The van der Waals surface area contributed by atoms with Crippen molar-refractivity contribution in [2.24, 2.45) is 0 Å².